The number of hydrogen-bond acceptors (Lipinski definition) is 5. The van der Waals surface area contributed by atoms with Gasteiger partial charge in [0.15, 0.2) is 5.82 Å². The lowest BCUT2D eigenvalue weighted by Gasteiger charge is -2.29. The minimum absolute atomic E-state index is 0.201. The Morgan fingerprint density at radius 1 is 1.38 bits per heavy atom. The molecule has 0 aliphatic carbocycles. The molecule has 6 nitrogen and oxygen atoms in total. The van der Waals surface area contributed by atoms with Gasteiger partial charge in [0, 0.05) is 50.0 Å². The molecule has 1 fully saturated rings. The zero-order chi connectivity index (χ0) is 18.5. The lowest BCUT2D eigenvalue weighted by Crippen LogP contribution is -2.41. The number of aryl methyl sites for hydroxylation is 1. The van der Waals surface area contributed by atoms with Crippen molar-refractivity contribution in [2.45, 2.75) is 38.7 Å². The van der Waals surface area contributed by atoms with E-state index < -0.39 is 6.43 Å². The maximum atomic E-state index is 13.0. The molecule has 3 rings (SSSR count). The van der Waals surface area contributed by atoms with Crippen molar-refractivity contribution in [1.82, 2.24) is 15.6 Å². The van der Waals surface area contributed by atoms with Crippen molar-refractivity contribution < 1.29 is 13.5 Å². The topological polar surface area (TPSA) is 84.6 Å². The molecule has 0 unspecified atom stereocenters. The molecule has 1 aromatic rings. The first-order chi connectivity index (χ1) is 12.5. The molecule has 8 heteroatoms. The molecule has 0 radical (unpaired) electrons. The first-order valence-electron chi connectivity index (χ1n) is 8.92. The minimum Gasteiger partial charge on any atom is -0.385 e. The Kier molecular flexibility index (Phi) is 6.16. The molecule has 26 heavy (non-hydrogen) atoms. The van der Waals surface area contributed by atoms with Gasteiger partial charge in [0.25, 0.3) is 6.43 Å². The number of halogens is 2. The highest BCUT2D eigenvalue weighted by atomic mass is 19.3. The van der Waals surface area contributed by atoms with Gasteiger partial charge in [-0.1, -0.05) is 6.07 Å². The predicted molar refractivity (Wildman–Crippen MR) is 96.7 cm³/mol. The lowest BCUT2D eigenvalue weighted by molar-refractivity contribution is 0.0800. The van der Waals surface area contributed by atoms with Crippen LogP contribution in [0, 0.1) is 6.92 Å². The summed E-state index contributed by atoms with van der Waals surface area (Å²) in [5, 5.41) is 6.86. The summed E-state index contributed by atoms with van der Waals surface area (Å²) in [6, 6.07) is 3.56. The van der Waals surface area contributed by atoms with Crippen molar-refractivity contribution in [3.63, 3.8) is 0 Å². The number of hydrogen-bond donors (Lipinski definition) is 3. The molecule has 0 aromatic carbocycles. The molecule has 3 heterocycles. The molecule has 0 amide bonds. The summed E-state index contributed by atoms with van der Waals surface area (Å²) in [6.45, 7) is 4.57. The molecule has 0 atom stereocenters. The summed E-state index contributed by atoms with van der Waals surface area (Å²) in [4.78, 5) is 8.25. The predicted octanol–water partition coefficient (Wildman–Crippen LogP) is 2.33. The van der Waals surface area contributed by atoms with E-state index in [1.807, 2.05) is 0 Å². The fourth-order valence-electron chi connectivity index (χ4n) is 3.18. The Balaban J connectivity index is 1.84. The quantitative estimate of drug-likeness (QED) is 0.551. The Morgan fingerprint density at radius 2 is 2.15 bits per heavy atom. The van der Waals surface area contributed by atoms with Crippen LogP contribution in [0.1, 0.15) is 36.9 Å². The molecule has 142 valence electrons. The van der Waals surface area contributed by atoms with Crippen LogP contribution in [-0.4, -0.2) is 43.2 Å². The third-order valence-corrected chi connectivity index (χ3v) is 4.69. The number of aliphatic imine (C=N–C) groups is 1. The van der Waals surface area contributed by atoms with Crippen molar-refractivity contribution in [1.29, 1.82) is 0 Å². The van der Waals surface area contributed by atoms with Gasteiger partial charge in [-0.15, -0.1) is 0 Å². The third-order valence-electron chi connectivity index (χ3n) is 4.69. The molecule has 2 aliphatic heterocycles. The van der Waals surface area contributed by atoms with Crippen LogP contribution < -0.4 is 16.4 Å². The van der Waals surface area contributed by atoms with Gasteiger partial charge >= 0.3 is 0 Å². The summed E-state index contributed by atoms with van der Waals surface area (Å²) in [6.07, 6.45) is 0.108. The molecule has 1 aromatic heterocycles. The summed E-state index contributed by atoms with van der Waals surface area (Å²) in [5.74, 6) is 0.509. The van der Waals surface area contributed by atoms with Crippen LogP contribution in [-0.2, 0) is 4.74 Å². The second-order valence-electron chi connectivity index (χ2n) is 6.58. The Morgan fingerprint density at radius 3 is 2.88 bits per heavy atom. The number of nitrogens with two attached hydrogens (primary N) is 1. The monoisotopic (exact) mass is 365 g/mol. The smallest absolute Gasteiger partial charge is 0.280 e. The van der Waals surface area contributed by atoms with Crippen LogP contribution >= 0.6 is 0 Å². The number of nitrogens with zero attached hydrogens (tertiary/aromatic N) is 2. The number of ether oxygens (including phenoxy) is 1. The number of amidine groups is 1. The zero-order valence-electron chi connectivity index (χ0n) is 14.9. The standard InChI is InChI=1S/C18H25F2N5O/c1-11-2-3-15(24-16(11)17(19)20)25-18(21)13-10-22-7-4-14(13)23-12-5-8-26-9-6-12/h2-3,12,17,22-23H,4-10H2,1H3,(H2,21,24,25). The molecular weight excluding hydrogens is 340 g/mol. The number of aromatic nitrogens is 1. The van der Waals surface area contributed by atoms with Gasteiger partial charge < -0.3 is 21.1 Å². The second kappa shape index (κ2) is 8.55. The summed E-state index contributed by atoms with van der Waals surface area (Å²) < 4.78 is 31.5. The van der Waals surface area contributed by atoms with Crippen LogP contribution in [0.4, 0.5) is 14.6 Å². The second-order valence-corrected chi connectivity index (χ2v) is 6.58. The maximum absolute atomic E-state index is 13.0. The third kappa shape index (κ3) is 4.56. The van der Waals surface area contributed by atoms with E-state index in [0.717, 1.165) is 50.3 Å². The highest BCUT2D eigenvalue weighted by Gasteiger charge is 2.21. The maximum Gasteiger partial charge on any atom is 0.280 e. The molecule has 2 aliphatic rings. The van der Waals surface area contributed by atoms with Gasteiger partial charge in [0.2, 0.25) is 0 Å². The first-order valence-corrected chi connectivity index (χ1v) is 8.92. The fourth-order valence-corrected chi connectivity index (χ4v) is 3.18. The van der Waals surface area contributed by atoms with Gasteiger partial charge in [-0.3, -0.25) is 0 Å². The number of pyridine rings is 1. The Bertz CT molecular complexity index is 699. The van der Waals surface area contributed by atoms with Crippen LogP contribution in [0.2, 0.25) is 0 Å². The summed E-state index contributed by atoms with van der Waals surface area (Å²) >= 11 is 0. The largest absolute Gasteiger partial charge is 0.385 e. The SMILES string of the molecule is Cc1ccc(N=C(N)C2=C(NC3CCOCC3)CCNC2)nc1C(F)F. The number of alkyl halides is 2. The van der Waals surface area contributed by atoms with E-state index in [0.29, 0.717) is 24.0 Å². The average Bonchev–Trinajstić information content (AvgIpc) is 2.64. The minimum atomic E-state index is -2.63. The van der Waals surface area contributed by atoms with Gasteiger partial charge in [-0.05, 0) is 31.4 Å². The highest BCUT2D eigenvalue weighted by molar-refractivity contribution is 5.99. The molecule has 4 N–H and O–H groups in total. The summed E-state index contributed by atoms with van der Waals surface area (Å²) in [7, 11) is 0. The van der Waals surface area contributed by atoms with E-state index in [4.69, 9.17) is 10.5 Å². The average molecular weight is 365 g/mol. The fraction of sp³-hybridized carbons (Fsp3) is 0.556. The van der Waals surface area contributed by atoms with Gasteiger partial charge in [0.1, 0.15) is 11.5 Å². The molecular formula is C18H25F2N5O. The van der Waals surface area contributed by atoms with E-state index in [9.17, 15) is 8.78 Å². The summed E-state index contributed by atoms with van der Waals surface area (Å²) in [5.41, 5.74) is 8.33. The number of rotatable bonds is 5. The first kappa shape index (κ1) is 18.7. The van der Waals surface area contributed by atoms with Crippen LogP contribution in [0.5, 0.6) is 0 Å². The zero-order valence-corrected chi connectivity index (χ0v) is 14.9. The Hall–Kier alpha value is -2.06. The van der Waals surface area contributed by atoms with Gasteiger partial charge in [-0.25, -0.2) is 18.8 Å². The van der Waals surface area contributed by atoms with Crippen LogP contribution in [0.3, 0.4) is 0 Å². The van der Waals surface area contributed by atoms with Crippen molar-refractivity contribution >= 4 is 11.7 Å². The molecule has 0 saturated carbocycles. The van der Waals surface area contributed by atoms with E-state index in [1.165, 1.54) is 0 Å². The molecule has 0 spiro atoms. The van der Waals surface area contributed by atoms with Crippen molar-refractivity contribution in [2.24, 2.45) is 10.7 Å². The normalized spacial score (nSPS) is 19.9. The van der Waals surface area contributed by atoms with Gasteiger partial charge in [-0.2, -0.15) is 0 Å². The van der Waals surface area contributed by atoms with Crippen molar-refractivity contribution in [3.8, 4) is 0 Å². The van der Waals surface area contributed by atoms with E-state index in [1.54, 1.807) is 19.1 Å². The van der Waals surface area contributed by atoms with Crippen LogP contribution in [0.15, 0.2) is 28.4 Å². The molecule has 1 saturated heterocycles. The van der Waals surface area contributed by atoms with Crippen LogP contribution in [0.25, 0.3) is 0 Å². The lowest BCUT2D eigenvalue weighted by atomic mass is 10.0. The van der Waals surface area contributed by atoms with Crippen molar-refractivity contribution in [3.05, 3.63) is 34.7 Å². The van der Waals surface area contributed by atoms with Crippen molar-refractivity contribution in [2.75, 3.05) is 26.3 Å². The highest BCUT2D eigenvalue weighted by Crippen LogP contribution is 2.24. The van der Waals surface area contributed by atoms with E-state index >= 15 is 0 Å². The Labute approximate surface area is 151 Å². The van der Waals surface area contributed by atoms with Gasteiger partial charge in [0.05, 0.1) is 0 Å². The van der Waals surface area contributed by atoms with E-state index in [2.05, 4.69) is 20.6 Å². The number of nitrogens with one attached hydrogen (secondary N) is 2. The van der Waals surface area contributed by atoms with E-state index in [-0.39, 0.29) is 11.5 Å². The molecule has 0 bridgehead atoms.